The molecule has 100 valence electrons. The van der Waals surface area contributed by atoms with E-state index in [2.05, 4.69) is 24.4 Å². The first-order valence-electron chi connectivity index (χ1n) is 6.53. The Hall–Kier alpha value is -0.870. The highest BCUT2D eigenvalue weighted by molar-refractivity contribution is 7.99. The third-order valence-corrected chi connectivity index (χ3v) is 4.23. The van der Waals surface area contributed by atoms with Crippen molar-refractivity contribution >= 4 is 11.8 Å². The van der Waals surface area contributed by atoms with E-state index in [1.54, 1.807) is 0 Å². The molecule has 0 bridgehead atoms. The molecule has 0 saturated carbocycles. The van der Waals surface area contributed by atoms with Gasteiger partial charge in [0, 0.05) is 23.1 Å². The van der Waals surface area contributed by atoms with Crippen LogP contribution in [-0.2, 0) is 0 Å². The fourth-order valence-electron chi connectivity index (χ4n) is 1.84. The predicted molar refractivity (Wildman–Crippen MR) is 75.9 cm³/mol. The van der Waals surface area contributed by atoms with Crippen LogP contribution in [0.15, 0.2) is 23.1 Å². The first-order chi connectivity index (χ1) is 8.83. The van der Waals surface area contributed by atoms with Crippen molar-refractivity contribution in [3.8, 4) is 11.5 Å². The van der Waals surface area contributed by atoms with Crippen LogP contribution < -0.4 is 14.8 Å². The summed E-state index contributed by atoms with van der Waals surface area (Å²) in [5, 5.41) is 3.32. The molecule has 1 aliphatic heterocycles. The van der Waals surface area contributed by atoms with Crippen LogP contribution in [0.1, 0.15) is 19.8 Å². The Morgan fingerprint density at radius 3 is 2.78 bits per heavy atom. The molecule has 0 aromatic heterocycles. The van der Waals surface area contributed by atoms with Crippen LogP contribution in [0.5, 0.6) is 11.5 Å². The Bertz CT molecular complexity index is 380. The summed E-state index contributed by atoms with van der Waals surface area (Å²) in [6.45, 7) is 3.70. The summed E-state index contributed by atoms with van der Waals surface area (Å²) in [6, 6.07) is 6.78. The minimum Gasteiger partial charge on any atom is -0.490 e. The average molecular weight is 267 g/mol. The van der Waals surface area contributed by atoms with E-state index in [1.165, 1.54) is 4.90 Å². The Balaban J connectivity index is 1.99. The predicted octanol–water partition coefficient (Wildman–Crippen LogP) is 2.94. The zero-order chi connectivity index (χ0) is 12.8. The molecule has 0 spiro atoms. The molecule has 2 rings (SSSR count). The van der Waals surface area contributed by atoms with Crippen molar-refractivity contribution in [2.24, 2.45) is 0 Å². The molecule has 1 aromatic rings. The normalized spacial score (nSPS) is 16.1. The molecule has 1 N–H and O–H groups in total. The lowest BCUT2D eigenvalue weighted by Gasteiger charge is -2.14. The second-order valence-corrected chi connectivity index (χ2v) is 5.46. The van der Waals surface area contributed by atoms with Crippen LogP contribution >= 0.6 is 11.8 Å². The van der Waals surface area contributed by atoms with Gasteiger partial charge in [-0.15, -0.1) is 11.8 Å². The minimum absolute atomic E-state index is 0.561. The van der Waals surface area contributed by atoms with Gasteiger partial charge < -0.3 is 14.8 Å². The molecule has 0 aliphatic carbocycles. The minimum atomic E-state index is 0.561. The van der Waals surface area contributed by atoms with Gasteiger partial charge in [0.15, 0.2) is 11.5 Å². The highest BCUT2D eigenvalue weighted by Gasteiger charge is 2.11. The number of benzene rings is 1. The molecule has 4 heteroatoms. The monoisotopic (exact) mass is 267 g/mol. The Labute approximate surface area is 113 Å². The van der Waals surface area contributed by atoms with Crippen LogP contribution in [-0.4, -0.2) is 32.1 Å². The Morgan fingerprint density at radius 1 is 1.28 bits per heavy atom. The second-order valence-electron chi connectivity index (χ2n) is 4.36. The topological polar surface area (TPSA) is 30.5 Å². The van der Waals surface area contributed by atoms with Crippen molar-refractivity contribution in [2.45, 2.75) is 30.7 Å². The van der Waals surface area contributed by atoms with Gasteiger partial charge in [0.2, 0.25) is 0 Å². The average Bonchev–Trinajstić information content (AvgIpc) is 2.64. The van der Waals surface area contributed by atoms with Gasteiger partial charge >= 0.3 is 0 Å². The molecular formula is C14H21NO2S. The molecule has 1 heterocycles. The fraction of sp³-hybridized carbons (Fsp3) is 0.571. The molecule has 3 nitrogen and oxygen atoms in total. The molecule has 1 aliphatic rings. The SMILES string of the molecule is CCC(CSc1ccc2c(c1)OCCCO2)NC. The van der Waals surface area contributed by atoms with Crippen LogP contribution in [0.25, 0.3) is 0 Å². The highest BCUT2D eigenvalue weighted by atomic mass is 32.2. The van der Waals surface area contributed by atoms with E-state index in [9.17, 15) is 0 Å². The summed E-state index contributed by atoms with van der Waals surface area (Å²) in [4.78, 5) is 1.24. The molecule has 1 aromatic carbocycles. The number of nitrogens with one attached hydrogen (secondary N) is 1. The zero-order valence-electron chi connectivity index (χ0n) is 11.1. The number of hydrogen-bond donors (Lipinski definition) is 1. The van der Waals surface area contributed by atoms with E-state index in [-0.39, 0.29) is 0 Å². The second kappa shape index (κ2) is 6.90. The van der Waals surface area contributed by atoms with Crippen molar-refractivity contribution in [3.63, 3.8) is 0 Å². The maximum Gasteiger partial charge on any atom is 0.162 e. The molecule has 1 atom stereocenters. The molecular weight excluding hydrogens is 246 g/mol. The smallest absolute Gasteiger partial charge is 0.162 e. The van der Waals surface area contributed by atoms with E-state index in [1.807, 2.05) is 24.9 Å². The summed E-state index contributed by atoms with van der Waals surface area (Å²) in [6.07, 6.45) is 2.10. The number of rotatable bonds is 5. The molecule has 0 radical (unpaired) electrons. The van der Waals surface area contributed by atoms with E-state index < -0.39 is 0 Å². The molecule has 0 fully saturated rings. The highest BCUT2D eigenvalue weighted by Crippen LogP contribution is 2.34. The summed E-state index contributed by atoms with van der Waals surface area (Å²) < 4.78 is 11.3. The van der Waals surface area contributed by atoms with Gasteiger partial charge in [-0.1, -0.05) is 6.92 Å². The van der Waals surface area contributed by atoms with E-state index >= 15 is 0 Å². The van der Waals surface area contributed by atoms with Gasteiger partial charge in [-0.2, -0.15) is 0 Å². The molecule has 0 saturated heterocycles. The van der Waals surface area contributed by atoms with E-state index in [0.29, 0.717) is 6.04 Å². The lowest BCUT2D eigenvalue weighted by Crippen LogP contribution is -2.26. The maximum atomic E-state index is 5.69. The molecule has 18 heavy (non-hydrogen) atoms. The molecule has 1 unspecified atom stereocenters. The summed E-state index contributed by atoms with van der Waals surface area (Å²) in [5.41, 5.74) is 0. The van der Waals surface area contributed by atoms with Crippen molar-refractivity contribution in [2.75, 3.05) is 26.0 Å². The Kier molecular flexibility index (Phi) is 5.20. The summed E-state index contributed by atoms with van der Waals surface area (Å²) >= 11 is 1.86. The van der Waals surface area contributed by atoms with Gasteiger partial charge in [0.05, 0.1) is 13.2 Å². The third-order valence-electron chi connectivity index (χ3n) is 3.07. The number of thioether (sulfide) groups is 1. The lowest BCUT2D eigenvalue weighted by molar-refractivity contribution is 0.297. The largest absolute Gasteiger partial charge is 0.490 e. The third kappa shape index (κ3) is 3.56. The van der Waals surface area contributed by atoms with Crippen LogP contribution in [0.3, 0.4) is 0 Å². The quantitative estimate of drug-likeness (QED) is 0.831. The van der Waals surface area contributed by atoms with Crippen molar-refractivity contribution in [1.29, 1.82) is 0 Å². The lowest BCUT2D eigenvalue weighted by atomic mass is 10.3. The van der Waals surface area contributed by atoms with Gasteiger partial charge in [-0.3, -0.25) is 0 Å². The maximum absolute atomic E-state index is 5.69. The van der Waals surface area contributed by atoms with E-state index in [0.717, 1.165) is 43.3 Å². The van der Waals surface area contributed by atoms with Gasteiger partial charge in [0.1, 0.15) is 0 Å². The Morgan fingerprint density at radius 2 is 2.06 bits per heavy atom. The van der Waals surface area contributed by atoms with Crippen molar-refractivity contribution in [3.05, 3.63) is 18.2 Å². The van der Waals surface area contributed by atoms with Gasteiger partial charge in [-0.25, -0.2) is 0 Å². The first kappa shape index (κ1) is 13.6. The zero-order valence-corrected chi connectivity index (χ0v) is 11.9. The van der Waals surface area contributed by atoms with Crippen molar-refractivity contribution in [1.82, 2.24) is 5.32 Å². The summed E-state index contributed by atoms with van der Waals surface area (Å²) in [7, 11) is 2.02. The molecule has 0 amide bonds. The number of fused-ring (bicyclic) bond motifs is 1. The van der Waals surface area contributed by atoms with Crippen LogP contribution in [0.2, 0.25) is 0 Å². The fourth-order valence-corrected chi connectivity index (χ4v) is 2.99. The van der Waals surface area contributed by atoms with E-state index in [4.69, 9.17) is 9.47 Å². The summed E-state index contributed by atoms with van der Waals surface area (Å²) in [5.74, 6) is 2.83. The van der Waals surface area contributed by atoms with Crippen molar-refractivity contribution < 1.29 is 9.47 Å². The van der Waals surface area contributed by atoms with Gasteiger partial charge in [0.25, 0.3) is 0 Å². The first-order valence-corrected chi connectivity index (χ1v) is 7.51. The number of ether oxygens (including phenoxy) is 2. The standard InChI is InChI=1S/C14H21NO2S/c1-3-11(15-2)10-18-12-5-6-13-14(9-12)17-8-4-7-16-13/h5-6,9,11,15H,3-4,7-8,10H2,1-2H3. The van der Waals surface area contributed by atoms with Gasteiger partial charge in [-0.05, 0) is 31.7 Å². The number of hydrogen-bond acceptors (Lipinski definition) is 4. The van der Waals surface area contributed by atoms with Crippen LogP contribution in [0, 0.1) is 0 Å². The van der Waals surface area contributed by atoms with Crippen LogP contribution in [0.4, 0.5) is 0 Å².